The quantitative estimate of drug-likeness (QED) is 0.654. The molecule has 1 aliphatic rings. The standard InChI is InChI=1S/C18H24N2O4S/c1-11-4-3-5-12(8-11)16(21)20-15(6-7-25-2)17(22)19-14-9-13(10-14)18(23)24/h3-5,8,13-15H,6-7,9-10H2,1-2H3,(H,19,22)(H,20,21)(H,23,24). The second-order valence-corrected chi connectivity index (χ2v) is 7.37. The molecule has 1 atom stereocenters. The van der Waals surface area contributed by atoms with Crippen LogP contribution in [-0.4, -0.2) is 47.0 Å². The lowest BCUT2D eigenvalue weighted by Crippen LogP contribution is -2.53. The van der Waals surface area contributed by atoms with E-state index in [9.17, 15) is 14.4 Å². The third-order valence-electron chi connectivity index (χ3n) is 4.35. The molecule has 0 aliphatic heterocycles. The minimum absolute atomic E-state index is 0.124. The normalized spacial score (nSPS) is 20.2. The predicted molar refractivity (Wildman–Crippen MR) is 97.7 cm³/mol. The summed E-state index contributed by atoms with van der Waals surface area (Å²) < 4.78 is 0. The second-order valence-electron chi connectivity index (χ2n) is 6.39. The predicted octanol–water partition coefficient (Wildman–Crippen LogP) is 1.83. The van der Waals surface area contributed by atoms with Gasteiger partial charge in [0.1, 0.15) is 6.04 Å². The molecule has 6 nitrogen and oxygen atoms in total. The van der Waals surface area contributed by atoms with Gasteiger partial charge in [0.25, 0.3) is 5.91 Å². The van der Waals surface area contributed by atoms with Crippen molar-refractivity contribution >= 4 is 29.5 Å². The summed E-state index contributed by atoms with van der Waals surface area (Å²) in [5, 5.41) is 14.6. The first-order chi connectivity index (χ1) is 11.9. The van der Waals surface area contributed by atoms with Gasteiger partial charge >= 0.3 is 5.97 Å². The van der Waals surface area contributed by atoms with Crippen LogP contribution in [0.1, 0.15) is 35.2 Å². The Kier molecular flexibility index (Phi) is 6.87. The molecule has 0 saturated heterocycles. The summed E-state index contributed by atoms with van der Waals surface area (Å²) in [6, 6.07) is 6.47. The van der Waals surface area contributed by atoms with Crippen LogP contribution in [0.2, 0.25) is 0 Å². The zero-order valence-corrected chi connectivity index (χ0v) is 15.3. The topological polar surface area (TPSA) is 95.5 Å². The van der Waals surface area contributed by atoms with Crippen LogP contribution in [0.4, 0.5) is 0 Å². The van der Waals surface area contributed by atoms with Crippen molar-refractivity contribution in [3.05, 3.63) is 35.4 Å². The van der Waals surface area contributed by atoms with Gasteiger partial charge in [-0.05, 0) is 50.3 Å². The van der Waals surface area contributed by atoms with E-state index in [1.54, 1.807) is 23.9 Å². The molecule has 3 N–H and O–H groups in total. The molecular weight excluding hydrogens is 340 g/mol. The molecule has 0 aromatic heterocycles. The van der Waals surface area contributed by atoms with Gasteiger partial charge in [-0.3, -0.25) is 14.4 Å². The van der Waals surface area contributed by atoms with Crippen molar-refractivity contribution in [1.29, 1.82) is 0 Å². The SMILES string of the molecule is CSCCC(NC(=O)c1cccc(C)c1)C(=O)NC1CC(C(=O)O)C1. The Labute approximate surface area is 151 Å². The molecule has 2 amide bonds. The van der Waals surface area contributed by atoms with Gasteiger partial charge in [0.15, 0.2) is 0 Å². The molecule has 1 unspecified atom stereocenters. The number of hydrogen-bond donors (Lipinski definition) is 3. The van der Waals surface area contributed by atoms with E-state index in [4.69, 9.17) is 5.11 Å². The number of nitrogens with one attached hydrogen (secondary N) is 2. The number of amides is 2. The van der Waals surface area contributed by atoms with E-state index in [1.165, 1.54) is 0 Å². The smallest absolute Gasteiger partial charge is 0.306 e. The van der Waals surface area contributed by atoms with Crippen LogP contribution in [0, 0.1) is 12.8 Å². The molecule has 1 aromatic carbocycles. The lowest BCUT2D eigenvalue weighted by molar-refractivity contribution is -0.146. The number of rotatable bonds is 8. The van der Waals surface area contributed by atoms with Crippen molar-refractivity contribution in [3.63, 3.8) is 0 Å². The number of benzene rings is 1. The van der Waals surface area contributed by atoms with E-state index >= 15 is 0 Å². The van der Waals surface area contributed by atoms with E-state index in [0.29, 0.717) is 24.8 Å². The van der Waals surface area contributed by atoms with Crippen molar-refractivity contribution < 1.29 is 19.5 Å². The third-order valence-corrected chi connectivity index (χ3v) is 4.99. The van der Waals surface area contributed by atoms with E-state index < -0.39 is 12.0 Å². The van der Waals surface area contributed by atoms with Crippen LogP contribution in [0.15, 0.2) is 24.3 Å². The van der Waals surface area contributed by atoms with E-state index in [2.05, 4.69) is 10.6 Å². The van der Waals surface area contributed by atoms with Crippen molar-refractivity contribution in [3.8, 4) is 0 Å². The van der Waals surface area contributed by atoms with Gasteiger partial charge in [-0.2, -0.15) is 11.8 Å². The highest BCUT2D eigenvalue weighted by molar-refractivity contribution is 7.98. The molecule has 2 rings (SSSR count). The maximum Gasteiger partial charge on any atom is 0.306 e. The number of carbonyl (C=O) groups excluding carboxylic acids is 2. The molecule has 0 bridgehead atoms. The number of carboxylic acid groups (broad SMARTS) is 1. The fourth-order valence-electron chi connectivity index (χ4n) is 2.77. The second kappa shape index (κ2) is 8.89. The number of carboxylic acids is 1. The highest BCUT2D eigenvalue weighted by atomic mass is 32.2. The first-order valence-electron chi connectivity index (χ1n) is 8.30. The number of carbonyl (C=O) groups is 3. The summed E-state index contributed by atoms with van der Waals surface area (Å²) in [4.78, 5) is 35.7. The minimum atomic E-state index is -0.822. The van der Waals surface area contributed by atoms with E-state index in [1.807, 2.05) is 25.3 Å². The van der Waals surface area contributed by atoms with Crippen molar-refractivity contribution in [2.24, 2.45) is 5.92 Å². The number of hydrogen-bond acceptors (Lipinski definition) is 4. The fourth-order valence-corrected chi connectivity index (χ4v) is 3.24. The zero-order chi connectivity index (χ0) is 18.4. The fraction of sp³-hybridized carbons (Fsp3) is 0.500. The maximum atomic E-state index is 12.5. The number of aliphatic carboxylic acids is 1. The van der Waals surface area contributed by atoms with Gasteiger partial charge in [-0.15, -0.1) is 0 Å². The van der Waals surface area contributed by atoms with Crippen molar-refractivity contribution in [2.75, 3.05) is 12.0 Å². The van der Waals surface area contributed by atoms with Crippen LogP contribution >= 0.6 is 11.8 Å². The Bertz CT molecular complexity index is 644. The molecule has 1 aromatic rings. The van der Waals surface area contributed by atoms with Gasteiger partial charge in [-0.1, -0.05) is 17.7 Å². The van der Waals surface area contributed by atoms with Gasteiger partial charge in [0, 0.05) is 11.6 Å². The van der Waals surface area contributed by atoms with Gasteiger partial charge in [-0.25, -0.2) is 0 Å². The summed E-state index contributed by atoms with van der Waals surface area (Å²) in [5.74, 6) is -0.978. The summed E-state index contributed by atoms with van der Waals surface area (Å²) in [6.07, 6.45) is 3.37. The Morgan fingerprint density at radius 2 is 2.04 bits per heavy atom. The summed E-state index contributed by atoms with van der Waals surface area (Å²) >= 11 is 1.61. The number of thioether (sulfide) groups is 1. The first kappa shape index (κ1) is 19.3. The molecule has 25 heavy (non-hydrogen) atoms. The van der Waals surface area contributed by atoms with Crippen molar-refractivity contribution in [2.45, 2.75) is 38.3 Å². The summed E-state index contributed by atoms with van der Waals surface area (Å²) in [5.41, 5.74) is 1.50. The molecule has 0 radical (unpaired) electrons. The first-order valence-corrected chi connectivity index (χ1v) is 9.69. The average molecular weight is 364 g/mol. The van der Waals surface area contributed by atoms with Crippen LogP contribution in [0.25, 0.3) is 0 Å². The zero-order valence-electron chi connectivity index (χ0n) is 14.5. The van der Waals surface area contributed by atoms with Crippen molar-refractivity contribution in [1.82, 2.24) is 10.6 Å². The Morgan fingerprint density at radius 1 is 1.32 bits per heavy atom. The largest absolute Gasteiger partial charge is 0.481 e. The lowest BCUT2D eigenvalue weighted by Gasteiger charge is -2.34. The molecule has 7 heteroatoms. The molecular formula is C18H24N2O4S. The van der Waals surface area contributed by atoms with Crippen LogP contribution < -0.4 is 10.6 Å². The summed E-state index contributed by atoms with van der Waals surface area (Å²) in [7, 11) is 0. The average Bonchev–Trinajstić information content (AvgIpc) is 2.53. The monoisotopic (exact) mass is 364 g/mol. The van der Waals surface area contributed by atoms with Crippen LogP contribution in [0.5, 0.6) is 0 Å². The van der Waals surface area contributed by atoms with Crippen LogP contribution in [0.3, 0.4) is 0 Å². The molecule has 0 heterocycles. The highest BCUT2D eigenvalue weighted by Crippen LogP contribution is 2.27. The Hall–Kier alpha value is -2.02. The van der Waals surface area contributed by atoms with E-state index in [0.717, 1.165) is 11.3 Å². The maximum absolute atomic E-state index is 12.5. The van der Waals surface area contributed by atoms with Crippen LogP contribution in [-0.2, 0) is 9.59 Å². The van der Waals surface area contributed by atoms with Gasteiger partial charge in [0.05, 0.1) is 5.92 Å². The molecule has 1 aliphatic carbocycles. The Morgan fingerprint density at radius 3 is 2.64 bits per heavy atom. The Balaban J connectivity index is 1.94. The van der Waals surface area contributed by atoms with Gasteiger partial charge in [0.2, 0.25) is 5.91 Å². The van der Waals surface area contributed by atoms with Gasteiger partial charge < -0.3 is 15.7 Å². The third kappa shape index (κ3) is 5.49. The summed E-state index contributed by atoms with van der Waals surface area (Å²) in [6.45, 7) is 1.91. The molecule has 0 spiro atoms. The molecule has 136 valence electrons. The molecule has 1 fully saturated rings. The highest BCUT2D eigenvalue weighted by Gasteiger charge is 2.36. The lowest BCUT2D eigenvalue weighted by atomic mass is 9.80. The minimum Gasteiger partial charge on any atom is -0.481 e. The number of aryl methyl sites for hydroxylation is 1. The van der Waals surface area contributed by atoms with E-state index in [-0.39, 0.29) is 23.8 Å². The molecule has 1 saturated carbocycles.